The maximum Gasteiger partial charge on any atom is 0.290 e. The highest BCUT2D eigenvalue weighted by atomic mass is 16.7. The molecule has 0 bridgehead atoms. The van der Waals surface area contributed by atoms with Gasteiger partial charge < -0.3 is 24.2 Å². The summed E-state index contributed by atoms with van der Waals surface area (Å²) in [4.78, 5) is 10.6. The predicted octanol–water partition coefficient (Wildman–Crippen LogP) is 2.18. The van der Waals surface area contributed by atoms with Crippen molar-refractivity contribution in [1.29, 1.82) is 0 Å². The predicted molar refractivity (Wildman–Crippen MR) is 90.3 cm³/mol. The van der Waals surface area contributed by atoms with Crippen LogP contribution in [-0.2, 0) is 4.79 Å². The van der Waals surface area contributed by atoms with Crippen molar-refractivity contribution in [3.63, 3.8) is 0 Å². The van der Waals surface area contributed by atoms with Crippen LogP contribution >= 0.6 is 0 Å². The van der Waals surface area contributed by atoms with Gasteiger partial charge in [-0.1, -0.05) is 0 Å². The lowest BCUT2D eigenvalue weighted by Crippen LogP contribution is -2.19. The Hall–Kier alpha value is -3.03. The first-order chi connectivity index (χ1) is 12.3. The number of carboxylic acid groups (broad SMARTS) is 1. The number of hydrogen-bond acceptors (Lipinski definition) is 7. The quantitative estimate of drug-likeness (QED) is 0.846. The molecule has 0 saturated carbocycles. The van der Waals surface area contributed by atoms with E-state index in [4.69, 9.17) is 24.1 Å². The number of anilines is 1. The molecule has 1 saturated heterocycles. The van der Waals surface area contributed by atoms with Gasteiger partial charge in [-0.3, -0.25) is 4.79 Å². The Morgan fingerprint density at radius 1 is 1.16 bits per heavy atom. The molecule has 1 aromatic carbocycles. The summed E-state index contributed by atoms with van der Waals surface area (Å²) in [5.74, 6) is 3.04. The monoisotopic (exact) mass is 345 g/mol. The molecular formula is C17H19N3O5. The summed E-state index contributed by atoms with van der Waals surface area (Å²) >= 11 is 0. The molecule has 0 atom stereocenters. The first-order valence-corrected chi connectivity index (χ1v) is 7.91. The van der Waals surface area contributed by atoms with E-state index in [0.29, 0.717) is 17.2 Å². The minimum absolute atomic E-state index is 0.238. The van der Waals surface area contributed by atoms with Crippen molar-refractivity contribution in [2.24, 2.45) is 0 Å². The summed E-state index contributed by atoms with van der Waals surface area (Å²) in [6, 6.07) is 7.70. The lowest BCUT2D eigenvalue weighted by atomic mass is 10.1. The van der Waals surface area contributed by atoms with Crippen molar-refractivity contribution in [2.45, 2.75) is 12.8 Å². The smallest absolute Gasteiger partial charge is 0.290 e. The SMILES string of the molecule is COc1cc2c(cc1-c1ccc(N3CCCC3)nn1)OCO2.O=CO. The van der Waals surface area contributed by atoms with E-state index in [1.165, 1.54) is 12.8 Å². The van der Waals surface area contributed by atoms with Gasteiger partial charge >= 0.3 is 0 Å². The van der Waals surface area contributed by atoms with Crippen molar-refractivity contribution in [1.82, 2.24) is 10.2 Å². The number of carbonyl (C=O) groups is 1. The van der Waals surface area contributed by atoms with Crippen LogP contribution in [0.1, 0.15) is 12.8 Å². The Bertz CT molecular complexity index is 730. The molecule has 3 heterocycles. The molecule has 0 spiro atoms. The van der Waals surface area contributed by atoms with E-state index in [9.17, 15) is 0 Å². The van der Waals surface area contributed by atoms with E-state index in [1.807, 2.05) is 24.3 Å². The highest BCUT2D eigenvalue weighted by molar-refractivity contribution is 5.72. The van der Waals surface area contributed by atoms with Gasteiger partial charge in [0.25, 0.3) is 6.47 Å². The zero-order valence-corrected chi connectivity index (χ0v) is 13.8. The minimum Gasteiger partial charge on any atom is -0.496 e. The van der Waals surface area contributed by atoms with Crippen molar-refractivity contribution in [3.05, 3.63) is 24.3 Å². The van der Waals surface area contributed by atoms with Crippen molar-refractivity contribution < 1.29 is 24.1 Å². The molecule has 2 aromatic rings. The molecule has 8 heteroatoms. The topological polar surface area (TPSA) is 94.0 Å². The molecule has 8 nitrogen and oxygen atoms in total. The van der Waals surface area contributed by atoms with Crippen LogP contribution in [0.4, 0.5) is 5.82 Å². The van der Waals surface area contributed by atoms with Gasteiger partial charge in [0, 0.05) is 24.7 Å². The van der Waals surface area contributed by atoms with Gasteiger partial charge in [-0.2, -0.15) is 0 Å². The Kier molecular flexibility index (Phi) is 5.17. The molecule has 132 valence electrons. The summed E-state index contributed by atoms with van der Waals surface area (Å²) in [6.07, 6.45) is 2.44. The number of aromatic nitrogens is 2. The average Bonchev–Trinajstić information content (AvgIpc) is 3.33. The fourth-order valence-corrected chi connectivity index (χ4v) is 2.88. The molecule has 2 aliphatic heterocycles. The Labute approximate surface area is 145 Å². The third-order valence-electron chi connectivity index (χ3n) is 4.05. The van der Waals surface area contributed by atoms with Gasteiger partial charge in [-0.05, 0) is 31.0 Å². The average molecular weight is 345 g/mol. The van der Waals surface area contributed by atoms with Crippen molar-refractivity contribution in [3.8, 4) is 28.5 Å². The van der Waals surface area contributed by atoms with Crippen LogP contribution in [0.25, 0.3) is 11.3 Å². The molecule has 1 N–H and O–H groups in total. The lowest BCUT2D eigenvalue weighted by molar-refractivity contribution is -0.122. The highest BCUT2D eigenvalue weighted by Gasteiger charge is 2.20. The Balaban J connectivity index is 0.000000569. The second-order valence-corrected chi connectivity index (χ2v) is 5.48. The van der Waals surface area contributed by atoms with Crippen molar-refractivity contribution >= 4 is 12.3 Å². The van der Waals surface area contributed by atoms with Gasteiger partial charge in [0.15, 0.2) is 17.3 Å². The molecule has 25 heavy (non-hydrogen) atoms. The van der Waals surface area contributed by atoms with Gasteiger partial charge in [0.1, 0.15) is 5.75 Å². The van der Waals surface area contributed by atoms with Crippen LogP contribution in [0.5, 0.6) is 17.2 Å². The molecule has 4 rings (SSSR count). The molecule has 0 unspecified atom stereocenters. The fourth-order valence-electron chi connectivity index (χ4n) is 2.88. The molecular weight excluding hydrogens is 326 g/mol. The van der Waals surface area contributed by atoms with Crippen LogP contribution in [0.2, 0.25) is 0 Å². The van der Waals surface area contributed by atoms with Gasteiger partial charge in [0.05, 0.1) is 12.8 Å². The zero-order chi connectivity index (χ0) is 17.6. The van der Waals surface area contributed by atoms with Crippen LogP contribution in [0, 0.1) is 0 Å². The van der Waals surface area contributed by atoms with E-state index in [2.05, 4.69) is 15.1 Å². The summed E-state index contributed by atoms with van der Waals surface area (Å²) < 4.78 is 16.2. The third kappa shape index (κ3) is 3.57. The second-order valence-electron chi connectivity index (χ2n) is 5.48. The molecule has 0 radical (unpaired) electrons. The van der Waals surface area contributed by atoms with Gasteiger partial charge in [-0.15, -0.1) is 10.2 Å². The van der Waals surface area contributed by atoms with Gasteiger partial charge in [0.2, 0.25) is 6.79 Å². The molecule has 1 aromatic heterocycles. The van der Waals surface area contributed by atoms with Crippen LogP contribution in [-0.4, -0.2) is 48.8 Å². The highest BCUT2D eigenvalue weighted by Crippen LogP contribution is 2.41. The van der Waals surface area contributed by atoms with E-state index < -0.39 is 0 Å². The minimum atomic E-state index is -0.250. The Morgan fingerprint density at radius 2 is 1.84 bits per heavy atom. The zero-order valence-electron chi connectivity index (χ0n) is 13.8. The number of methoxy groups -OCH3 is 1. The van der Waals surface area contributed by atoms with Crippen LogP contribution in [0.3, 0.4) is 0 Å². The number of benzene rings is 1. The van der Waals surface area contributed by atoms with E-state index >= 15 is 0 Å². The van der Waals surface area contributed by atoms with Crippen LogP contribution in [0.15, 0.2) is 24.3 Å². The summed E-state index contributed by atoms with van der Waals surface area (Å²) in [5, 5.41) is 15.6. The number of rotatable bonds is 3. The maximum atomic E-state index is 8.36. The number of nitrogens with zero attached hydrogens (tertiary/aromatic N) is 3. The first kappa shape index (κ1) is 16.8. The standard InChI is InChI=1S/C16H17N3O3.CH2O2/c1-20-13-9-15-14(21-10-22-15)8-11(13)12-4-5-16(18-17-12)19-6-2-3-7-19;2-1-3/h4-5,8-9H,2-3,6-7,10H2,1H3;1H,(H,2,3). The summed E-state index contributed by atoms with van der Waals surface area (Å²) in [7, 11) is 1.63. The van der Waals surface area contributed by atoms with Crippen molar-refractivity contribution in [2.75, 3.05) is 31.9 Å². The molecule has 1 fully saturated rings. The third-order valence-corrected chi connectivity index (χ3v) is 4.05. The lowest BCUT2D eigenvalue weighted by Gasteiger charge is -2.15. The van der Waals surface area contributed by atoms with E-state index in [1.54, 1.807) is 7.11 Å². The largest absolute Gasteiger partial charge is 0.496 e. The van der Waals surface area contributed by atoms with E-state index in [0.717, 1.165) is 30.2 Å². The van der Waals surface area contributed by atoms with E-state index in [-0.39, 0.29) is 13.3 Å². The summed E-state index contributed by atoms with van der Waals surface area (Å²) in [6.45, 7) is 2.10. The normalized spacial score (nSPS) is 14.7. The summed E-state index contributed by atoms with van der Waals surface area (Å²) in [5.41, 5.74) is 1.62. The molecule has 2 aliphatic rings. The number of ether oxygens (including phenoxy) is 3. The van der Waals surface area contributed by atoms with Crippen LogP contribution < -0.4 is 19.1 Å². The Morgan fingerprint density at radius 3 is 2.44 bits per heavy atom. The second kappa shape index (κ2) is 7.69. The number of hydrogen-bond donors (Lipinski definition) is 1. The first-order valence-electron chi connectivity index (χ1n) is 7.91. The number of fused-ring (bicyclic) bond motifs is 1. The molecule has 0 aliphatic carbocycles. The fraction of sp³-hybridized carbons (Fsp3) is 0.353. The molecule has 0 amide bonds. The maximum absolute atomic E-state index is 8.36. The van der Waals surface area contributed by atoms with Gasteiger partial charge in [-0.25, -0.2) is 0 Å².